The number of nitrogens with zero attached hydrogens (tertiary/aromatic N) is 2. The van der Waals surface area contributed by atoms with Crippen molar-refractivity contribution in [2.75, 3.05) is 17.7 Å². The number of rotatable bonds is 6. The Kier molecular flexibility index (Phi) is 5.91. The lowest BCUT2D eigenvalue weighted by molar-refractivity contribution is -0.115. The number of ether oxygens (including phenoxy) is 1. The molecule has 1 amide bonds. The number of hydrogen-bond acceptors (Lipinski definition) is 6. The maximum Gasteiger partial charge on any atom is 0.339 e. The topological polar surface area (TPSA) is 93.2 Å². The van der Waals surface area contributed by atoms with Gasteiger partial charge in [0.05, 0.1) is 24.8 Å². The van der Waals surface area contributed by atoms with E-state index in [9.17, 15) is 14.0 Å². The predicted molar refractivity (Wildman–Crippen MR) is 102 cm³/mol. The van der Waals surface area contributed by atoms with Crippen LogP contribution in [0.3, 0.4) is 0 Å². The average Bonchev–Trinajstić information content (AvgIpc) is 2.71. The molecule has 1 heterocycles. The molecule has 0 saturated carbocycles. The minimum Gasteiger partial charge on any atom is -0.465 e. The Hall–Kier alpha value is -3.81. The molecule has 0 aliphatic heterocycles. The van der Waals surface area contributed by atoms with Crippen molar-refractivity contribution >= 4 is 29.2 Å². The van der Waals surface area contributed by atoms with Crippen molar-refractivity contribution in [3.8, 4) is 0 Å². The summed E-state index contributed by atoms with van der Waals surface area (Å²) < 4.78 is 17.7. The highest BCUT2D eigenvalue weighted by molar-refractivity contribution is 5.96. The first-order valence-corrected chi connectivity index (χ1v) is 8.37. The third-order valence-corrected chi connectivity index (χ3v) is 3.81. The number of carbonyl (C=O) groups excluding carboxylic acids is 2. The van der Waals surface area contributed by atoms with Gasteiger partial charge in [0.1, 0.15) is 5.82 Å². The van der Waals surface area contributed by atoms with Gasteiger partial charge in [0.2, 0.25) is 5.91 Å². The molecule has 3 aromatic rings. The van der Waals surface area contributed by atoms with Crippen LogP contribution in [0.1, 0.15) is 15.9 Å². The summed E-state index contributed by atoms with van der Waals surface area (Å²) in [4.78, 5) is 23.9. The Bertz CT molecular complexity index is 976. The SMILES string of the molecule is COC(=O)c1ccccc1Nc1ccc(NC(=O)Cc2ccc(F)cc2)nn1. The molecule has 0 spiro atoms. The predicted octanol–water partition coefficient (Wildman–Crippen LogP) is 3.33. The number of hydrogen-bond donors (Lipinski definition) is 2. The van der Waals surface area contributed by atoms with Gasteiger partial charge < -0.3 is 15.4 Å². The Morgan fingerprint density at radius 1 is 0.964 bits per heavy atom. The molecule has 7 nitrogen and oxygen atoms in total. The smallest absolute Gasteiger partial charge is 0.339 e. The first kappa shape index (κ1) is 19.0. The maximum absolute atomic E-state index is 12.9. The number of halogens is 1. The number of esters is 1. The van der Waals surface area contributed by atoms with E-state index in [4.69, 9.17) is 4.74 Å². The molecule has 28 heavy (non-hydrogen) atoms. The number of benzene rings is 2. The van der Waals surface area contributed by atoms with Gasteiger partial charge in [0, 0.05) is 0 Å². The fraction of sp³-hybridized carbons (Fsp3) is 0.100. The molecule has 0 aliphatic carbocycles. The number of amides is 1. The maximum atomic E-state index is 12.9. The Labute approximate surface area is 160 Å². The Morgan fingerprint density at radius 3 is 2.32 bits per heavy atom. The van der Waals surface area contributed by atoms with E-state index >= 15 is 0 Å². The van der Waals surface area contributed by atoms with E-state index in [2.05, 4.69) is 20.8 Å². The van der Waals surface area contributed by atoms with Gasteiger partial charge >= 0.3 is 5.97 Å². The number of para-hydroxylation sites is 1. The fourth-order valence-electron chi connectivity index (χ4n) is 2.46. The molecule has 2 N–H and O–H groups in total. The van der Waals surface area contributed by atoms with Gasteiger partial charge in [-0.1, -0.05) is 24.3 Å². The summed E-state index contributed by atoms with van der Waals surface area (Å²) in [5.74, 6) is -0.447. The van der Waals surface area contributed by atoms with Gasteiger partial charge in [-0.2, -0.15) is 0 Å². The van der Waals surface area contributed by atoms with Crippen molar-refractivity contribution in [1.29, 1.82) is 0 Å². The van der Waals surface area contributed by atoms with Crippen LogP contribution in [0.5, 0.6) is 0 Å². The van der Waals surface area contributed by atoms with Crippen LogP contribution in [-0.2, 0) is 16.0 Å². The second-order valence-electron chi connectivity index (χ2n) is 5.82. The molecule has 0 radical (unpaired) electrons. The molecule has 0 unspecified atom stereocenters. The van der Waals surface area contributed by atoms with E-state index in [1.54, 1.807) is 48.5 Å². The van der Waals surface area contributed by atoms with Crippen molar-refractivity contribution in [2.24, 2.45) is 0 Å². The summed E-state index contributed by atoms with van der Waals surface area (Å²) in [6.07, 6.45) is 0.0917. The lowest BCUT2D eigenvalue weighted by atomic mass is 10.1. The highest BCUT2D eigenvalue weighted by Gasteiger charge is 2.12. The first-order valence-electron chi connectivity index (χ1n) is 8.37. The third-order valence-electron chi connectivity index (χ3n) is 3.81. The van der Waals surface area contributed by atoms with Crippen LogP contribution in [0, 0.1) is 5.82 Å². The van der Waals surface area contributed by atoms with E-state index in [-0.39, 0.29) is 24.0 Å². The van der Waals surface area contributed by atoms with Crippen molar-refractivity contribution in [1.82, 2.24) is 10.2 Å². The number of aromatic nitrogens is 2. The van der Waals surface area contributed by atoms with Crippen molar-refractivity contribution in [3.63, 3.8) is 0 Å². The highest BCUT2D eigenvalue weighted by Crippen LogP contribution is 2.20. The van der Waals surface area contributed by atoms with Crippen molar-refractivity contribution in [2.45, 2.75) is 6.42 Å². The fourth-order valence-corrected chi connectivity index (χ4v) is 2.46. The van der Waals surface area contributed by atoms with Crippen LogP contribution < -0.4 is 10.6 Å². The zero-order valence-electron chi connectivity index (χ0n) is 15.0. The lowest BCUT2D eigenvalue weighted by Crippen LogP contribution is -2.15. The van der Waals surface area contributed by atoms with Gasteiger partial charge in [0.15, 0.2) is 11.6 Å². The molecular weight excluding hydrogens is 363 g/mol. The Balaban J connectivity index is 1.63. The number of nitrogens with one attached hydrogen (secondary N) is 2. The Morgan fingerprint density at radius 2 is 1.64 bits per heavy atom. The van der Waals surface area contributed by atoms with E-state index in [1.165, 1.54) is 19.2 Å². The molecular formula is C20H17FN4O3. The molecule has 2 aromatic carbocycles. The summed E-state index contributed by atoms with van der Waals surface area (Å²) in [6, 6.07) is 15.7. The normalized spacial score (nSPS) is 10.2. The van der Waals surface area contributed by atoms with Gasteiger partial charge in [-0.15, -0.1) is 10.2 Å². The second kappa shape index (κ2) is 8.72. The average molecular weight is 380 g/mol. The van der Waals surface area contributed by atoms with Crippen molar-refractivity contribution in [3.05, 3.63) is 77.6 Å². The van der Waals surface area contributed by atoms with Crippen LogP contribution in [0.2, 0.25) is 0 Å². The summed E-state index contributed by atoms with van der Waals surface area (Å²) in [7, 11) is 1.31. The second-order valence-corrected chi connectivity index (χ2v) is 5.82. The summed E-state index contributed by atoms with van der Waals surface area (Å²) in [5.41, 5.74) is 1.57. The largest absolute Gasteiger partial charge is 0.465 e. The summed E-state index contributed by atoms with van der Waals surface area (Å²) in [6.45, 7) is 0. The molecule has 1 aromatic heterocycles. The van der Waals surface area contributed by atoms with Crippen LogP contribution in [0.25, 0.3) is 0 Å². The van der Waals surface area contributed by atoms with E-state index < -0.39 is 5.97 Å². The molecule has 0 bridgehead atoms. The quantitative estimate of drug-likeness (QED) is 0.637. The third kappa shape index (κ3) is 4.88. The zero-order valence-corrected chi connectivity index (χ0v) is 15.0. The van der Waals surface area contributed by atoms with Crippen LogP contribution in [0.4, 0.5) is 21.7 Å². The standard InChI is InChI=1S/C20H17FN4O3/c1-28-20(27)15-4-2-3-5-16(15)22-17-10-11-18(25-24-17)23-19(26)12-13-6-8-14(21)9-7-13/h2-11H,12H2,1H3,(H,22,24)(H,23,25,26). The molecule has 8 heteroatoms. The van der Waals surface area contributed by atoms with E-state index in [0.717, 1.165) is 0 Å². The molecule has 142 valence electrons. The minimum absolute atomic E-state index is 0.0917. The highest BCUT2D eigenvalue weighted by atomic mass is 19.1. The number of methoxy groups -OCH3 is 1. The molecule has 0 aliphatic rings. The molecule has 3 rings (SSSR count). The van der Waals surface area contributed by atoms with Crippen LogP contribution in [-0.4, -0.2) is 29.2 Å². The van der Waals surface area contributed by atoms with Gasteiger partial charge in [-0.05, 0) is 42.0 Å². The van der Waals surface area contributed by atoms with Crippen LogP contribution in [0.15, 0.2) is 60.7 Å². The van der Waals surface area contributed by atoms with Gasteiger partial charge in [0.25, 0.3) is 0 Å². The number of anilines is 3. The van der Waals surface area contributed by atoms with E-state index in [0.29, 0.717) is 22.6 Å². The summed E-state index contributed by atoms with van der Waals surface area (Å²) >= 11 is 0. The van der Waals surface area contributed by atoms with Gasteiger partial charge in [-0.25, -0.2) is 9.18 Å². The van der Waals surface area contributed by atoms with Gasteiger partial charge in [-0.3, -0.25) is 4.79 Å². The lowest BCUT2D eigenvalue weighted by Gasteiger charge is -2.10. The zero-order chi connectivity index (χ0) is 19.9. The minimum atomic E-state index is -0.472. The molecule has 0 atom stereocenters. The van der Waals surface area contributed by atoms with Crippen LogP contribution >= 0.6 is 0 Å². The summed E-state index contributed by atoms with van der Waals surface area (Å²) in [5, 5.41) is 13.6. The monoisotopic (exact) mass is 380 g/mol. The molecule has 0 fully saturated rings. The number of carbonyl (C=O) groups is 2. The van der Waals surface area contributed by atoms with Crippen molar-refractivity contribution < 1.29 is 18.7 Å². The molecule has 0 saturated heterocycles. The van der Waals surface area contributed by atoms with E-state index in [1.807, 2.05) is 0 Å². The first-order chi connectivity index (χ1) is 13.5.